The summed E-state index contributed by atoms with van der Waals surface area (Å²) < 4.78 is 1.19. The van der Waals surface area contributed by atoms with Gasteiger partial charge in [-0.15, -0.1) is 11.3 Å². The number of thiazole rings is 1. The molecular formula is C16H13NOS. The number of ketones is 1. The largest absolute Gasteiger partial charge is 0.294 e. The molecule has 3 aromatic rings. The molecule has 2 nitrogen and oxygen atoms in total. The van der Waals surface area contributed by atoms with Gasteiger partial charge in [-0.1, -0.05) is 43.3 Å². The van der Waals surface area contributed by atoms with Gasteiger partial charge < -0.3 is 0 Å². The monoisotopic (exact) mass is 267 g/mol. The number of hydrogen-bond donors (Lipinski definition) is 0. The van der Waals surface area contributed by atoms with Crippen molar-refractivity contribution in [2.75, 3.05) is 0 Å². The average molecular weight is 267 g/mol. The lowest BCUT2D eigenvalue weighted by Crippen LogP contribution is -1.95. The van der Waals surface area contributed by atoms with Gasteiger partial charge in [-0.05, 0) is 12.1 Å². The maximum Gasteiger partial charge on any atom is 0.162 e. The summed E-state index contributed by atoms with van der Waals surface area (Å²) in [5, 5.41) is 0.997. The third-order valence-electron chi connectivity index (χ3n) is 3.07. The molecule has 0 aliphatic rings. The van der Waals surface area contributed by atoms with Crippen LogP contribution in [0.2, 0.25) is 0 Å². The number of Topliss-reactive ketones (excluding diaryl/α,β-unsaturated/α-hetero) is 1. The first kappa shape index (κ1) is 12.1. The van der Waals surface area contributed by atoms with Gasteiger partial charge in [0.15, 0.2) is 5.78 Å². The van der Waals surface area contributed by atoms with Crippen LogP contribution in [0.4, 0.5) is 0 Å². The van der Waals surface area contributed by atoms with Crippen molar-refractivity contribution in [3.05, 3.63) is 54.1 Å². The van der Waals surface area contributed by atoms with E-state index in [9.17, 15) is 4.79 Å². The summed E-state index contributed by atoms with van der Waals surface area (Å²) in [6, 6.07) is 15.8. The minimum atomic E-state index is 0.177. The van der Waals surface area contributed by atoms with Crippen molar-refractivity contribution in [1.82, 2.24) is 4.98 Å². The first-order chi connectivity index (χ1) is 9.28. The molecule has 3 rings (SSSR count). The highest BCUT2D eigenvalue weighted by atomic mass is 32.1. The number of rotatable bonds is 3. The lowest BCUT2D eigenvalue weighted by atomic mass is 10.1. The van der Waals surface area contributed by atoms with Gasteiger partial charge in [0, 0.05) is 17.5 Å². The Labute approximate surface area is 115 Å². The Morgan fingerprint density at radius 1 is 1.11 bits per heavy atom. The van der Waals surface area contributed by atoms with E-state index in [1.165, 1.54) is 4.70 Å². The van der Waals surface area contributed by atoms with E-state index in [4.69, 9.17) is 0 Å². The van der Waals surface area contributed by atoms with Crippen molar-refractivity contribution in [2.24, 2.45) is 0 Å². The predicted octanol–water partition coefficient (Wildman–Crippen LogP) is 4.56. The summed E-state index contributed by atoms with van der Waals surface area (Å²) >= 11 is 1.67. The van der Waals surface area contributed by atoms with Crippen LogP contribution >= 0.6 is 11.3 Å². The summed E-state index contributed by atoms with van der Waals surface area (Å²) in [5.74, 6) is 0.177. The molecule has 0 aliphatic heterocycles. The van der Waals surface area contributed by atoms with E-state index in [0.717, 1.165) is 21.7 Å². The minimum Gasteiger partial charge on any atom is -0.294 e. The number of carbonyl (C=O) groups is 1. The van der Waals surface area contributed by atoms with E-state index >= 15 is 0 Å². The Morgan fingerprint density at radius 3 is 2.53 bits per heavy atom. The van der Waals surface area contributed by atoms with Gasteiger partial charge in [-0.2, -0.15) is 0 Å². The van der Waals surface area contributed by atoms with Crippen molar-refractivity contribution in [2.45, 2.75) is 13.3 Å². The fraction of sp³-hybridized carbons (Fsp3) is 0.125. The lowest BCUT2D eigenvalue weighted by Gasteiger charge is -1.99. The second-order valence-corrected chi connectivity index (χ2v) is 5.37. The molecule has 0 saturated carbocycles. The van der Waals surface area contributed by atoms with Gasteiger partial charge in [0.05, 0.1) is 10.2 Å². The molecule has 0 atom stereocenters. The molecule has 0 radical (unpaired) electrons. The van der Waals surface area contributed by atoms with Crippen LogP contribution < -0.4 is 0 Å². The van der Waals surface area contributed by atoms with Gasteiger partial charge in [0.2, 0.25) is 0 Å². The lowest BCUT2D eigenvalue weighted by molar-refractivity contribution is 0.0988. The Bertz CT molecular complexity index is 695. The third kappa shape index (κ3) is 2.29. The van der Waals surface area contributed by atoms with E-state index in [1.807, 2.05) is 49.4 Å². The van der Waals surface area contributed by atoms with Crippen LogP contribution in [0.1, 0.15) is 23.7 Å². The van der Waals surface area contributed by atoms with Crippen molar-refractivity contribution >= 4 is 27.3 Å². The molecule has 0 N–H and O–H groups in total. The zero-order valence-electron chi connectivity index (χ0n) is 10.6. The quantitative estimate of drug-likeness (QED) is 0.651. The first-order valence-corrected chi connectivity index (χ1v) is 7.09. The average Bonchev–Trinajstić information content (AvgIpc) is 2.90. The van der Waals surface area contributed by atoms with Crippen molar-refractivity contribution in [1.29, 1.82) is 0 Å². The number of hydrogen-bond acceptors (Lipinski definition) is 3. The van der Waals surface area contributed by atoms with E-state index in [0.29, 0.717) is 6.42 Å². The maximum atomic E-state index is 11.6. The van der Waals surface area contributed by atoms with Crippen LogP contribution in [-0.4, -0.2) is 10.8 Å². The molecular weight excluding hydrogens is 254 g/mol. The zero-order valence-corrected chi connectivity index (χ0v) is 11.4. The molecule has 1 aromatic heterocycles. The second kappa shape index (κ2) is 4.94. The van der Waals surface area contributed by atoms with E-state index < -0.39 is 0 Å². The molecule has 0 unspecified atom stereocenters. The number of para-hydroxylation sites is 1. The summed E-state index contributed by atoms with van der Waals surface area (Å²) in [6.07, 6.45) is 0.542. The molecule has 94 valence electrons. The normalized spacial score (nSPS) is 10.8. The van der Waals surface area contributed by atoms with Gasteiger partial charge in [0.1, 0.15) is 5.01 Å². The Hall–Kier alpha value is -2.00. The van der Waals surface area contributed by atoms with E-state index in [2.05, 4.69) is 11.1 Å². The molecule has 19 heavy (non-hydrogen) atoms. The molecule has 0 aliphatic carbocycles. The number of benzene rings is 2. The molecule has 3 heteroatoms. The van der Waals surface area contributed by atoms with Crippen LogP contribution in [-0.2, 0) is 0 Å². The Balaban J connectivity index is 1.99. The summed E-state index contributed by atoms with van der Waals surface area (Å²) in [6.45, 7) is 1.88. The topological polar surface area (TPSA) is 30.0 Å². The fourth-order valence-corrected chi connectivity index (χ4v) is 2.97. The molecule has 2 aromatic carbocycles. The molecule has 0 fully saturated rings. The number of nitrogens with zero attached hydrogens (tertiary/aromatic N) is 1. The summed E-state index contributed by atoms with van der Waals surface area (Å²) in [5.41, 5.74) is 2.86. The van der Waals surface area contributed by atoms with Crippen LogP contribution in [0, 0.1) is 0 Å². The SMILES string of the molecule is CCC(=O)c1ccc(-c2nc3ccccc3s2)cc1. The van der Waals surface area contributed by atoms with Gasteiger partial charge in [0.25, 0.3) is 0 Å². The van der Waals surface area contributed by atoms with Gasteiger partial charge in [-0.3, -0.25) is 4.79 Å². The number of carbonyl (C=O) groups excluding carboxylic acids is 1. The van der Waals surface area contributed by atoms with E-state index in [-0.39, 0.29) is 5.78 Å². The maximum absolute atomic E-state index is 11.6. The molecule has 0 saturated heterocycles. The summed E-state index contributed by atoms with van der Waals surface area (Å²) in [7, 11) is 0. The van der Waals surface area contributed by atoms with Gasteiger partial charge >= 0.3 is 0 Å². The van der Waals surface area contributed by atoms with Crippen molar-refractivity contribution in [3.63, 3.8) is 0 Å². The smallest absolute Gasteiger partial charge is 0.162 e. The second-order valence-electron chi connectivity index (χ2n) is 4.34. The number of aromatic nitrogens is 1. The number of fused-ring (bicyclic) bond motifs is 1. The van der Waals surface area contributed by atoms with Crippen molar-refractivity contribution in [3.8, 4) is 10.6 Å². The summed E-state index contributed by atoms with van der Waals surface area (Å²) in [4.78, 5) is 16.2. The van der Waals surface area contributed by atoms with E-state index in [1.54, 1.807) is 11.3 Å². The van der Waals surface area contributed by atoms with Crippen LogP contribution in [0.15, 0.2) is 48.5 Å². The highest BCUT2D eigenvalue weighted by molar-refractivity contribution is 7.21. The Kier molecular flexibility index (Phi) is 3.13. The predicted molar refractivity (Wildman–Crippen MR) is 79.7 cm³/mol. The molecule has 0 bridgehead atoms. The fourth-order valence-electron chi connectivity index (χ4n) is 2.00. The molecule has 1 heterocycles. The van der Waals surface area contributed by atoms with Gasteiger partial charge in [-0.25, -0.2) is 4.98 Å². The van der Waals surface area contributed by atoms with Crippen molar-refractivity contribution < 1.29 is 4.79 Å². The third-order valence-corrected chi connectivity index (χ3v) is 4.15. The van der Waals surface area contributed by atoms with Crippen LogP contribution in [0.5, 0.6) is 0 Å². The Morgan fingerprint density at radius 2 is 1.84 bits per heavy atom. The standard InChI is InChI=1S/C16H13NOS/c1-2-14(18)11-7-9-12(10-8-11)16-17-13-5-3-4-6-15(13)19-16/h3-10H,2H2,1H3. The molecule has 0 amide bonds. The van der Waals surface area contributed by atoms with Crippen LogP contribution in [0.25, 0.3) is 20.8 Å². The molecule has 0 spiro atoms. The zero-order chi connectivity index (χ0) is 13.2. The minimum absolute atomic E-state index is 0.177. The highest BCUT2D eigenvalue weighted by Gasteiger charge is 2.07. The highest BCUT2D eigenvalue weighted by Crippen LogP contribution is 2.30. The van der Waals surface area contributed by atoms with Crippen LogP contribution in [0.3, 0.4) is 0 Å². The first-order valence-electron chi connectivity index (χ1n) is 6.27.